The normalized spacial score (nSPS) is 19.3. The molecule has 0 radical (unpaired) electrons. The fraction of sp³-hybridized carbons (Fsp3) is 0.222. The van der Waals surface area contributed by atoms with Gasteiger partial charge < -0.3 is 19.5 Å². The van der Waals surface area contributed by atoms with E-state index in [4.69, 9.17) is 9.47 Å². The van der Waals surface area contributed by atoms with E-state index in [0.717, 1.165) is 11.1 Å². The maximum atomic E-state index is 11.7. The molecule has 1 amide bonds. The molecule has 0 unspecified atom stereocenters. The second kappa shape index (κ2) is 7.04. The number of carbonyl (C=O) groups excluding carboxylic acids is 2. The number of carbonyl (C=O) groups is 2. The Labute approximate surface area is 139 Å². The van der Waals surface area contributed by atoms with Gasteiger partial charge in [-0.15, -0.1) is 0 Å². The van der Waals surface area contributed by atoms with Crippen LogP contribution in [0.5, 0.6) is 5.75 Å². The highest BCUT2D eigenvalue weighted by molar-refractivity contribution is 5.83. The molecular weight excluding hydrogens is 310 g/mol. The Kier molecular flexibility index (Phi) is 4.65. The zero-order valence-corrected chi connectivity index (χ0v) is 13.1. The second-order valence-corrected chi connectivity index (χ2v) is 5.31. The van der Waals surface area contributed by atoms with Crippen molar-refractivity contribution < 1.29 is 23.8 Å². The number of benzene rings is 2. The summed E-state index contributed by atoms with van der Waals surface area (Å²) < 4.78 is 15.3. The minimum Gasteiger partial charge on any atom is -0.489 e. The average molecular weight is 327 g/mol. The third kappa shape index (κ3) is 3.48. The van der Waals surface area contributed by atoms with E-state index in [2.05, 4.69) is 10.1 Å². The molecule has 0 aromatic heterocycles. The summed E-state index contributed by atoms with van der Waals surface area (Å²) in [4.78, 5) is 23.1. The number of nitrogens with one attached hydrogen (secondary N) is 1. The van der Waals surface area contributed by atoms with Crippen molar-refractivity contribution in [2.24, 2.45) is 0 Å². The highest BCUT2D eigenvalue weighted by atomic mass is 16.6. The van der Waals surface area contributed by atoms with Gasteiger partial charge in [-0.25, -0.2) is 9.59 Å². The summed E-state index contributed by atoms with van der Waals surface area (Å²) in [7, 11) is 1.26. The molecule has 0 aliphatic carbocycles. The molecule has 1 saturated heterocycles. The van der Waals surface area contributed by atoms with Gasteiger partial charge in [0, 0.05) is 0 Å². The fourth-order valence-electron chi connectivity index (χ4n) is 2.49. The summed E-state index contributed by atoms with van der Waals surface area (Å²) in [6, 6.07) is 16.4. The number of ether oxygens (including phenoxy) is 3. The molecule has 6 heteroatoms. The molecule has 0 bridgehead atoms. The van der Waals surface area contributed by atoms with E-state index in [1.165, 1.54) is 7.11 Å². The van der Waals surface area contributed by atoms with Crippen molar-refractivity contribution in [2.45, 2.75) is 18.8 Å². The van der Waals surface area contributed by atoms with Crippen molar-refractivity contribution in [1.29, 1.82) is 0 Å². The summed E-state index contributed by atoms with van der Waals surface area (Å²) in [5.74, 6) is 0.102. The van der Waals surface area contributed by atoms with E-state index in [1.54, 1.807) is 24.3 Å². The van der Waals surface area contributed by atoms with Gasteiger partial charge in [0.05, 0.1) is 7.11 Å². The Morgan fingerprint density at radius 2 is 1.83 bits per heavy atom. The largest absolute Gasteiger partial charge is 0.489 e. The summed E-state index contributed by atoms with van der Waals surface area (Å²) in [6.07, 6.45) is -1.63. The van der Waals surface area contributed by atoms with E-state index in [-0.39, 0.29) is 0 Å². The fourth-order valence-corrected chi connectivity index (χ4v) is 2.49. The van der Waals surface area contributed by atoms with E-state index in [0.29, 0.717) is 12.4 Å². The Morgan fingerprint density at radius 3 is 2.50 bits per heavy atom. The van der Waals surface area contributed by atoms with Gasteiger partial charge in [-0.1, -0.05) is 42.5 Å². The van der Waals surface area contributed by atoms with E-state index < -0.39 is 24.2 Å². The van der Waals surface area contributed by atoms with Crippen LogP contribution < -0.4 is 10.1 Å². The van der Waals surface area contributed by atoms with Crippen molar-refractivity contribution in [2.75, 3.05) is 7.11 Å². The summed E-state index contributed by atoms with van der Waals surface area (Å²) in [6.45, 7) is 0.467. The second-order valence-electron chi connectivity index (χ2n) is 5.31. The van der Waals surface area contributed by atoms with Gasteiger partial charge in [-0.2, -0.15) is 0 Å². The van der Waals surface area contributed by atoms with Crippen molar-refractivity contribution in [3.8, 4) is 5.75 Å². The van der Waals surface area contributed by atoms with Crippen LogP contribution in [0.3, 0.4) is 0 Å². The summed E-state index contributed by atoms with van der Waals surface area (Å²) in [5.41, 5.74) is 1.81. The van der Waals surface area contributed by atoms with Crippen LogP contribution in [-0.2, 0) is 20.9 Å². The van der Waals surface area contributed by atoms with Crippen LogP contribution in [0.15, 0.2) is 54.6 Å². The summed E-state index contributed by atoms with van der Waals surface area (Å²) >= 11 is 0. The molecule has 2 aromatic carbocycles. The number of esters is 1. The first kappa shape index (κ1) is 15.9. The number of amides is 1. The van der Waals surface area contributed by atoms with Gasteiger partial charge in [0.15, 0.2) is 0 Å². The molecule has 6 nitrogen and oxygen atoms in total. The predicted octanol–water partition coefficient (Wildman–Crippen LogP) is 2.59. The molecule has 1 heterocycles. The minimum atomic E-state index is -0.987. The molecule has 1 N–H and O–H groups in total. The highest BCUT2D eigenvalue weighted by Crippen LogP contribution is 2.27. The van der Waals surface area contributed by atoms with Crippen molar-refractivity contribution in [3.63, 3.8) is 0 Å². The zero-order valence-electron chi connectivity index (χ0n) is 13.1. The molecule has 0 spiro atoms. The number of hydrogen-bond acceptors (Lipinski definition) is 5. The average Bonchev–Trinajstić information content (AvgIpc) is 3.02. The first-order chi connectivity index (χ1) is 11.7. The number of cyclic esters (lactones) is 1. The van der Waals surface area contributed by atoms with E-state index in [9.17, 15) is 9.59 Å². The van der Waals surface area contributed by atoms with Gasteiger partial charge in [0.1, 0.15) is 18.4 Å². The lowest BCUT2D eigenvalue weighted by atomic mass is 10.0. The molecule has 24 heavy (non-hydrogen) atoms. The van der Waals surface area contributed by atoms with Gasteiger partial charge in [-0.3, -0.25) is 0 Å². The molecular formula is C18H17NO5. The molecule has 3 rings (SSSR count). The van der Waals surface area contributed by atoms with Gasteiger partial charge in [0.25, 0.3) is 0 Å². The molecule has 1 fully saturated rings. The Bertz CT molecular complexity index is 714. The van der Waals surface area contributed by atoms with Crippen LogP contribution in [-0.4, -0.2) is 25.3 Å². The predicted molar refractivity (Wildman–Crippen MR) is 85.4 cm³/mol. The number of alkyl carbamates (subject to hydrolysis) is 1. The van der Waals surface area contributed by atoms with Crippen molar-refractivity contribution >= 4 is 12.1 Å². The van der Waals surface area contributed by atoms with E-state index >= 15 is 0 Å². The lowest BCUT2D eigenvalue weighted by Gasteiger charge is -2.15. The maximum absolute atomic E-state index is 11.7. The van der Waals surface area contributed by atoms with Crippen LogP contribution >= 0.6 is 0 Å². The molecule has 2 atom stereocenters. The zero-order chi connectivity index (χ0) is 16.9. The minimum absolute atomic E-state index is 0.467. The highest BCUT2D eigenvalue weighted by Gasteiger charge is 2.41. The standard InChI is InChI=1S/C18H17NO5/c1-22-17(20)16-15(19-18(21)24-16)13-7-9-14(10-8-13)23-11-12-5-3-2-4-6-12/h2-10,15-16H,11H2,1H3,(H,19,21)/t15-,16+/m1/s1. The molecule has 1 aliphatic rings. The van der Waals surface area contributed by atoms with Gasteiger partial charge in [0.2, 0.25) is 6.10 Å². The third-order valence-corrected chi connectivity index (χ3v) is 3.73. The molecule has 1 aliphatic heterocycles. The number of hydrogen-bond donors (Lipinski definition) is 1. The SMILES string of the molecule is COC(=O)[C@H]1OC(=O)N[C@@H]1c1ccc(OCc2ccccc2)cc1. The number of rotatable bonds is 5. The van der Waals surface area contributed by atoms with Crippen LogP contribution in [0.25, 0.3) is 0 Å². The van der Waals surface area contributed by atoms with Crippen molar-refractivity contribution in [3.05, 3.63) is 65.7 Å². The molecule has 124 valence electrons. The lowest BCUT2D eigenvalue weighted by Crippen LogP contribution is -2.30. The lowest BCUT2D eigenvalue weighted by molar-refractivity contribution is -0.149. The Balaban J connectivity index is 1.67. The topological polar surface area (TPSA) is 73.9 Å². The smallest absolute Gasteiger partial charge is 0.408 e. The van der Waals surface area contributed by atoms with Gasteiger partial charge >= 0.3 is 12.1 Å². The molecule has 2 aromatic rings. The van der Waals surface area contributed by atoms with Crippen LogP contribution in [0, 0.1) is 0 Å². The van der Waals surface area contributed by atoms with Crippen LogP contribution in [0.4, 0.5) is 4.79 Å². The van der Waals surface area contributed by atoms with Crippen LogP contribution in [0.2, 0.25) is 0 Å². The number of methoxy groups -OCH3 is 1. The van der Waals surface area contributed by atoms with Gasteiger partial charge in [-0.05, 0) is 23.3 Å². The van der Waals surface area contributed by atoms with Crippen molar-refractivity contribution in [1.82, 2.24) is 5.32 Å². The maximum Gasteiger partial charge on any atom is 0.408 e. The first-order valence-electron chi connectivity index (χ1n) is 7.49. The molecule has 0 saturated carbocycles. The Morgan fingerprint density at radius 1 is 1.12 bits per heavy atom. The third-order valence-electron chi connectivity index (χ3n) is 3.73. The van der Waals surface area contributed by atoms with Crippen LogP contribution in [0.1, 0.15) is 17.2 Å². The first-order valence-corrected chi connectivity index (χ1v) is 7.49. The summed E-state index contributed by atoms with van der Waals surface area (Å²) in [5, 5.41) is 2.61. The van der Waals surface area contributed by atoms with E-state index in [1.807, 2.05) is 30.3 Å². The monoisotopic (exact) mass is 327 g/mol. The Hall–Kier alpha value is -3.02. The quantitative estimate of drug-likeness (QED) is 0.855.